The number of hydrogen-bond donors (Lipinski definition) is 12. The predicted octanol–water partition coefficient (Wildman–Crippen LogP) is 8.10. The van der Waals surface area contributed by atoms with E-state index in [4.69, 9.17) is 29.4 Å². The first-order valence-electron chi connectivity index (χ1n) is 38.8. The van der Waals surface area contributed by atoms with Crippen molar-refractivity contribution in [2.45, 2.75) is 197 Å². The average molecular weight is 1690 g/mol. The van der Waals surface area contributed by atoms with Crippen molar-refractivity contribution in [1.82, 2.24) is 78.1 Å². The normalized spacial score (nSPS) is 25.6. The summed E-state index contributed by atoms with van der Waals surface area (Å²) < 4.78 is 36.1. The van der Waals surface area contributed by atoms with Crippen molar-refractivity contribution in [2.24, 2.45) is 0 Å². The number of thioether (sulfide) groups is 1. The molecule has 8 aromatic heterocycles. The van der Waals surface area contributed by atoms with E-state index in [9.17, 15) is 40.9 Å². The van der Waals surface area contributed by atoms with Gasteiger partial charge in [-0.25, -0.2) is 49.8 Å². The maximum Gasteiger partial charge on any atom is 0.320 e. The van der Waals surface area contributed by atoms with Crippen molar-refractivity contribution in [3.8, 4) is 6.01 Å². The highest BCUT2D eigenvalue weighted by molar-refractivity contribution is 7.98. The van der Waals surface area contributed by atoms with E-state index in [0.29, 0.717) is 118 Å². The van der Waals surface area contributed by atoms with Gasteiger partial charge in [-0.15, -0.1) is 52.7 Å². The Morgan fingerprint density at radius 1 is 0.461 bits per heavy atom. The molecular formula is C77H124N20O13P4S. The van der Waals surface area contributed by atoms with Gasteiger partial charge in [0.15, 0.2) is 98.0 Å². The van der Waals surface area contributed by atoms with Crippen LogP contribution in [0.3, 0.4) is 0 Å². The van der Waals surface area contributed by atoms with Gasteiger partial charge in [-0.1, -0.05) is 67.5 Å². The number of aliphatic hydroxyl groups is 8. The zero-order chi connectivity index (χ0) is 84.3. The third kappa shape index (κ3) is 23.7. The highest BCUT2D eigenvalue weighted by atomic mass is 32.2. The van der Waals surface area contributed by atoms with Crippen LogP contribution in [-0.2, 0) is 18.9 Å². The molecule has 4 saturated heterocycles. The number of nitrogens with one attached hydrogen (secondary N) is 3. The molecular weight excluding hydrogens is 1570 g/mol. The van der Waals surface area contributed by atoms with Gasteiger partial charge in [-0.2, -0.15) is 9.97 Å². The number of aromatic nitrogens is 16. The topological polar surface area (TPSA) is 444 Å². The average Bonchev–Trinajstić information content (AvgIpc) is 1.62. The second-order valence-electron chi connectivity index (χ2n) is 32.6. The molecule has 16 atom stereocenters. The number of nitrogens with zero attached hydrogens (tertiary/aromatic N) is 16. The minimum Gasteiger partial charge on any atom is -0.467 e. The molecule has 12 rings (SSSR count). The Morgan fingerprint density at radius 2 is 0.809 bits per heavy atom. The number of imidazole rings is 4. The molecule has 4 aliphatic heterocycles. The van der Waals surface area contributed by atoms with E-state index in [0.717, 1.165) is 43.9 Å². The van der Waals surface area contributed by atoms with E-state index in [1.54, 1.807) is 44.2 Å². The maximum absolute atomic E-state index is 10.7. The summed E-state index contributed by atoms with van der Waals surface area (Å²) in [5.74, 6) is 2.67. The van der Waals surface area contributed by atoms with E-state index in [1.165, 1.54) is 48.2 Å². The lowest BCUT2D eigenvalue weighted by Crippen LogP contribution is -2.32. The summed E-state index contributed by atoms with van der Waals surface area (Å²) >= 11 is 1.43. The van der Waals surface area contributed by atoms with Crippen LogP contribution in [0.5, 0.6) is 6.01 Å². The number of aryl methyl sites for hydroxylation is 1. The minimum atomic E-state index is -1.26. The summed E-state index contributed by atoms with van der Waals surface area (Å²) in [7, 11) is 1.50. The number of aliphatic hydroxyl groups excluding tert-OH is 8. The van der Waals surface area contributed by atoms with Gasteiger partial charge in [0.2, 0.25) is 0 Å². The molecule has 0 amide bonds. The Kier molecular flexibility index (Phi) is 32.2. The molecule has 33 nitrogen and oxygen atoms in total. The molecule has 0 radical (unpaired) electrons. The third-order valence-electron chi connectivity index (χ3n) is 20.5. The largest absolute Gasteiger partial charge is 0.467 e. The zero-order valence-electron chi connectivity index (χ0n) is 69.6. The molecule has 4 aliphatic rings. The highest BCUT2D eigenvalue weighted by Gasteiger charge is 2.48. The molecule has 636 valence electrons. The van der Waals surface area contributed by atoms with Crippen LogP contribution >= 0.6 is 39.3 Å². The Balaban J connectivity index is 0.000000176. The zero-order valence-corrected chi connectivity index (χ0v) is 74.0. The fourth-order valence-corrected chi connectivity index (χ4v) is 17.4. The van der Waals surface area contributed by atoms with Crippen LogP contribution < -0.4 is 26.4 Å². The number of rotatable bonds is 30. The number of fused-ring (bicyclic) bond motifs is 4. The van der Waals surface area contributed by atoms with Crippen LogP contribution in [0.2, 0.25) is 0 Å². The van der Waals surface area contributed by atoms with Crippen LogP contribution in [-0.4, -0.2) is 328 Å². The van der Waals surface area contributed by atoms with E-state index < -0.39 is 126 Å². The Bertz CT molecular complexity index is 4740. The van der Waals surface area contributed by atoms with Gasteiger partial charge in [0.1, 0.15) is 67.3 Å². The summed E-state index contributed by atoms with van der Waals surface area (Å²) in [5.41, 5.74) is 14.0. The van der Waals surface area contributed by atoms with E-state index in [1.807, 2.05) is 6.26 Å². The third-order valence-corrected chi connectivity index (χ3v) is 27.0. The van der Waals surface area contributed by atoms with Crippen LogP contribution in [0.4, 0.5) is 23.3 Å². The predicted molar refractivity (Wildman–Crippen MR) is 472 cm³/mol. The Morgan fingerprint density at radius 3 is 1.20 bits per heavy atom. The maximum atomic E-state index is 10.7. The molecule has 0 saturated carbocycles. The molecule has 4 fully saturated rings. The first-order chi connectivity index (χ1) is 54.2. The fourth-order valence-electron chi connectivity index (χ4n) is 13.2. The van der Waals surface area contributed by atoms with Crippen LogP contribution in [0.15, 0.2) is 71.7 Å². The number of ether oxygens (including phenoxy) is 5. The monoisotopic (exact) mass is 1690 g/mol. The molecule has 38 heteroatoms. The molecule has 0 aromatic carbocycles. The van der Waals surface area contributed by atoms with Gasteiger partial charge in [-0.05, 0) is 157 Å². The van der Waals surface area contributed by atoms with Crippen molar-refractivity contribution in [3.05, 3.63) is 72.4 Å². The number of hydrogen-bond acceptors (Lipinski definition) is 30. The molecule has 115 heavy (non-hydrogen) atoms. The van der Waals surface area contributed by atoms with Crippen molar-refractivity contribution in [1.29, 1.82) is 0 Å². The van der Waals surface area contributed by atoms with E-state index in [2.05, 4.69) is 214 Å². The van der Waals surface area contributed by atoms with Crippen LogP contribution in [0, 0.1) is 6.92 Å². The Labute approximate surface area is 679 Å². The molecule has 0 spiro atoms. The van der Waals surface area contributed by atoms with Crippen LogP contribution in [0.1, 0.15) is 117 Å². The number of nitrogens with two attached hydrogens (primary N) is 1. The minimum absolute atomic E-state index is 0.182. The second-order valence-corrected chi connectivity index (χ2v) is 50.7. The van der Waals surface area contributed by atoms with Gasteiger partial charge in [-0.3, -0.25) is 18.3 Å². The summed E-state index contributed by atoms with van der Waals surface area (Å²) in [6, 6.07) is 0.182. The summed E-state index contributed by atoms with van der Waals surface area (Å²) in [4.78, 5) is 52.5. The standard InChI is InChI=1S/C21H34N5O4P.C21H34N5O3PS.C20H32N5O3P.C15H24N5O3P/c1-7-13(2)8-10-22-18-15-19(25-21(24-18)29-3)26(12-23-15)20-17(28)16(27)14(30-20)9-11-31(4,5)6;1-7-13(2)8-10-22-18-15-19(25-21(24-18)31-6)26(12-23-15)20-17(28)16(27)14(29-20)9-11-30(3,4)5;1-6-13(2)7-9-21-18-15-19(23-11-22-18)25(12-24-15)20-17(27)16(26)14(28-20)8-10-29(3,4)5;1-8-19-10-13(16)17-7-18-14(10)20(8)15-12(22)11(21)9(23-15)5-6-24(2,3)4/h8,12,14,16-17,20,27-28H,4,7,9-11H2,1-3,5-6H3,(H,22,24,25);8,12,14,16-17,20,27-28H,3,7,9-11H2,1-2,4-6H3,(H,22,24,25);7,11-12,14,16-17,20,26-27H,3,6,8-10H2,1-2,4-5H3,(H,21,22,23);7,9,11-12,15,21-22H,2,5-6H2,1,3-4H3,(H2,16,17,18)/b2*13-8-;13-7-;/t3*14-,16-,17-,20-;9-,11-,12-,15-/m1111/s1. The molecule has 0 unspecified atom stereocenters. The number of nitrogen functional groups attached to an aromatic ring is 1. The van der Waals surface area contributed by atoms with Gasteiger partial charge < -0.3 is 86.2 Å². The highest BCUT2D eigenvalue weighted by Crippen LogP contribution is 2.45. The van der Waals surface area contributed by atoms with E-state index in [-0.39, 0.29) is 11.8 Å². The molecule has 13 N–H and O–H groups in total. The molecule has 8 aromatic rings. The van der Waals surface area contributed by atoms with Crippen LogP contribution in [0.25, 0.3) is 44.7 Å². The van der Waals surface area contributed by atoms with Crippen molar-refractivity contribution < 1.29 is 64.5 Å². The first-order valence-corrected chi connectivity index (χ1v) is 52.3. The SMILES string of the molecule is C=P(C)(C)CC[C@H]1O[C@@H](n2c(C)nc3c(N)ncnc32)[C@H](O)[C@@H]1O.C=P(C)(C)CC[C@H]1O[C@@H](n2cnc3c(NC/C=C(/C)CC)nc(OC)nc32)[C@H](O)[C@@H]1O.C=P(C)(C)CC[C@H]1O[C@@H](n2cnc3c(NC/C=C(/C)CC)nc(SC)nc32)[C@H](O)[C@@H]1O.C=P(C)(C)CC[C@H]1O[C@@H](n2cnc3c(NC/C=C(/C)CC)ncnc32)[C@H](O)[C@@H]1O. The lowest BCUT2D eigenvalue weighted by atomic mass is 10.1. The van der Waals surface area contributed by atoms with Gasteiger partial charge in [0.25, 0.3) is 0 Å². The quantitative estimate of drug-likeness (QED) is 0.00875. The van der Waals surface area contributed by atoms with Crippen molar-refractivity contribution >= 4 is 132 Å². The van der Waals surface area contributed by atoms with Gasteiger partial charge in [0, 0.05) is 19.6 Å². The summed E-state index contributed by atoms with van der Waals surface area (Å²) in [6.07, 6.45) is 28.7. The van der Waals surface area contributed by atoms with Crippen molar-refractivity contribution in [2.75, 3.05) is 133 Å². The van der Waals surface area contributed by atoms with Gasteiger partial charge in [0.05, 0.1) is 50.5 Å². The van der Waals surface area contributed by atoms with Gasteiger partial charge >= 0.3 is 6.01 Å². The molecule has 0 aliphatic carbocycles. The Hall–Kier alpha value is -6.51. The smallest absolute Gasteiger partial charge is 0.320 e. The lowest BCUT2D eigenvalue weighted by molar-refractivity contribution is -0.0363. The molecule has 0 bridgehead atoms. The number of anilines is 4. The first kappa shape index (κ1) is 92.4. The second kappa shape index (κ2) is 40.0. The fraction of sp³-hybridized carbons (Fsp3) is 0.610. The summed E-state index contributed by atoms with van der Waals surface area (Å²) in [6.45, 7) is 28.4. The van der Waals surface area contributed by atoms with Crippen molar-refractivity contribution in [3.63, 3.8) is 0 Å². The number of methoxy groups -OCH3 is 1. The molecule has 12 heterocycles. The van der Waals surface area contributed by atoms with E-state index >= 15 is 0 Å². The lowest BCUT2D eigenvalue weighted by Gasteiger charge is -2.19. The number of allylic oxidation sites excluding steroid dienone is 3. The summed E-state index contributed by atoms with van der Waals surface area (Å²) in [5, 5.41) is 94.9.